The number of hydrogen-bond donors (Lipinski definition) is 2. The van der Waals surface area contributed by atoms with Crippen molar-refractivity contribution in [1.82, 2.24) is 24.8 Å². The van der Waals surface area contributed by atoms with Crippen molar-refractivity contribution >= 4 is 17.5 Å². The number of piperidine rings is 1. The minimum Gasteiger partial charge on any atom is -0.387 e. The summed E-state index contributed by atoms with van der Waals surface area (Å²) in [4.78, 5) is 23.7. The Balaban J connectivity index is 1.25. The van der Waals surface area contributed by atoms with Crippen LogP contribution in [0.4, 0.5) is 17.5 Å². The van der Waals surface area contributed by atoms with Gasteiger partial charge in [0.2, 0.25) is 0 Å². The number of β-amino-alcohol motifs (C(OH)–C–C–N with tert-alkyl or cyclic N) is 1. The van der Waals surface area contributed by atoms with Gasteiger partial charge in [0.25, 0.3) is 0 Å². The fourth-order valence-electron chi connectivity index (χ4n) is 4.26. The van der Waals surface area contributed by atoms with E-state index in [-0.39, 0.29) is 0 Å². The van der Waals surface area contributed by atoms with Crippen molar-refractivity contribution < 1.29 is 9.84 Å². The molecular formula is C21H32N8O2. The van der Waals surface area contributed by atoms with Gasteiger partial charge in [0.1, 0.15) is 23.8 Å². The molecule has 0 aliphatic carbocycles. The van der Waals surface area contributed by atoms with Crippen LogP contribution in [-0.2, 0) is 4.74 Å². The number of aliphatic hydroxyl groups is 1. The van der Waals surface area contributed by atoms with Gasteiger partial charge in [-0.05, 0) is 19.9 Å². The minimum absolute atomic E-state index is 0.568. The maximum atomic E-state index is 11.2. The van der Waals surface area contributed by atoms with Crippen molar-refractivity contribution in [2.45, 2.75) is 18.4 Å². The normalized spacial score (nSPS) is 22.0. The molecule has 2 aromatic rings. The number of likely N-dealkylation sites (N-methyl/N-ethyl adjacent to an activating group) is 1. The van der Waals surface area contributed by atoms with E-state index in [1.807, 2.05) is 13.1 Å². The Morgan fingerprint density at radius 3 is 2.81 bits per heavy atom. The number of nitrogens with zero attached hydrogens (tertiary/aromatic N) is 7. The molecule has 1 atom stereocenters. The molecule has 0 saturated carbocycles. The second-order valence-electron chi connectivity index (χ2n) is 8.34. The molecule has 10 heteroatoms. The standard InChI is InChI=1S/C21H32N8O2/c1-27(15-21(30)3-2-7-29(16-21)20-14-22-4-5-24-20)8-6-23-18-13-19(26-17-25-18)28-9-11-31-12-10-28/h4-5,13-14,17,30H,2-3,6-12,15-16H2,1H3,(H,23,25,26). The van der Waals surface area contributed by atoms with Crippen LogP contribution in [0.3, 0.4) is 0 Å². The van der Waals surface area contributed by atoms with E-state index in [9.17, 15) is 5.11 Å². The molecule has 0 aromatic carbocycles. The Morgan fingerprint density at radius 2 is 2.00 bits per heavy atom. The third-order valence-corrected chi connectivity index (χ3v) is 5.78. The molecule has 2 saturated heterocycles. The van der Waals surface area contributed by atoms with Crippen LogP contribution in [0.2, 0.25) is 0 Å². The van der Waals surface area contributed by atoms with Crippen LogP contribution in [0.1, 0.15) is 12.8 Å². The molecule has 2 aliphatic rings. The molecule has 0 spiro atoms. The fraction of sp³-hybridized carbons (Fsp3) is 0.619. The van der Waals surface area contributed by atoms with Gasteiger partial charge in [-0.1, -0.05) is 0 Å². The Morgan fingerprint density at radius 1 is 1.13 bits per heavy atom. The summed E-state index contributed by atoms with van der Waals surface area (Å²) in [6.45, 7) is 6.76. The highest BCUT2D eigenvalue weighted by atomic mass is 16.5. The van der Waals surface area contributed by atoms with Crippen molar-refractivity contribution in [3.05, 3.63) is 31.0 Å². The zero-order valence-electron chi connectivity index (χ0n) is 18.2. The van der Waals surface area contributed by atoms with Gasteiger partial charge in [0, 0.05) is 64.3 Å². The lowest BCUT2D eigenvalue weighted by atomic mass is 9.92. The Hall–Kier alpha value is -2.56. The summed E-state index contributed by atoms with van der Waals surface area (Å²) in [5.41, 5.74) is -0.761. The van der Waals surface area contributed by atoms with E-state index >= 15 is 0 Å². The van der Waals surface area contributed by atoms with Crippen molar-refractivity contribution in [3.63, 3.8) is 0 Å². The van der Waals surface area contributed by atoms with E-state index in [1.165, 1.54) is 0 Å². The molecule has 0 radical (unpaired) electrons. The molecule has 10 nitrogen and oxygen atoms in total. The first kappa shape index (κ1) is 21.7. The van der Waals surface area contributed by atoms with Crippen LogP contribution in [0.15, 0.2) is 31.0 Å². The molecule has 0 bridgehead atoms. The van der Waals surface area contributed by atoms with Crippen LogP contribution in [-0.4, -0.2) is 102 Å². The van der Waals surface area contributed by atoms with Gasteiger partial charge in [0.15, 0.2) is 0 Å². The molecule has 2 aromatic heterocycles. The average molecular weight is 429 g/mol. The van der Waals surface area contributed by atoms with Crippen LogP contribution in [0, 0.1) is 0 Å². The van der Waals surface area contributed by atoms with Crippen LogP contribution in [0.5, 0.6) is 0 Å². The first-order valence-corrected chi connectivity index (χ1v) is 10.9. The van der Waals surface area contributed by atoms with E-state index in [0.29, 0.717) is 13.1 Å². The molecule has 2 fully saturated rings. The lowest BCUT2D eigenvalue weighted by molar-refractivity contribution is -0.000952. The maximum absolute atomic E-state index is 11.2. The molecule has 2 N–H and O–H groups in total. The predicted molar refractivity (Wildman–Crippen MR) is 119 cm³/mol. The van der Waals surface area contributed by atoms with E-state index in [1.54, 1.807) is 24.9 Å². The minimum atomic E-state index is -0.761. The second kappa shape index (κ2) is 10.2. The predicted octanol–water partition coefficient (Wildman–Crippen LogP) is 0.478. The summed E-state index contributed by atoms with van der Waals surface area (Å²) < 4.78 is 5.41. The third-order valence-electron chi connectivity index (χ3n) is 5.78. The Kier molecular flexibility index (Phi) is 7.10. The molecule has 0 amide bonds. The van der Waals surface area contributed by atoms with Gasteiger partial charge in [-0.2, -0.15) is 0 Å². The first-order chi connectivity index (χ1) is 15.1. The fourth-order valence-corrected chi connectivity index (χ4v) is 4.26. The van der Waals surface area contributed by atoms with Gasteiger partial charge in [-0.15, -0.1) is 0 Å². The topological polar surface area (TPSA) is 103 Å². The van der Waals surface area contributed by atoms with Crippen molar-refractivity contribution in [2.24, 2.45) is 0 Å². The van der Waals surface area contributed by atoms with Gasteiger partial charge in [0.05, 0.1) is 25.0 Å². The highest BCUT2D eigenvalue weighted by Gasteiger charge is 2.34. The first-order valence-electron chi connectivity index (χ1n) is 10.9. The molecule has 1 unspecified atom stereocenters. The molecule has 168 valence electrons. The lowest BCUT2D eigenvalue weighted by Gasteiger charge is -2.41. The molecule has 4 heterocycles. The lowest BCUT2D eigenvalue weighted by Crippen LogP contribution is -2.54. The molecular weight excluding hydrogens is 396 g/mol. The number of nitrogens with one attached hydrogen (secondary N) is 1. The third kappa shape index (κ3) is 5.99. The van der Waals surface area contributed by atoms with E-state index in [0.717, 1.165) is 76.2 Å². The van der Waals surface area contributed by atoms with E-state index in [2.05, 4.69) is 40.0 Å². The van der Waals surface area contributed by atoms with Crippen LogP contribution in [0.25, 0.3) is 0 Å². The smallest absolute Gasteiger partial charge is 0.147 e. The highest BCUT2D eigenvalue weighted by Crippen LogP contribution is 2.25. The van der Waals surface area contributed by atoms with Gasteiger partial charge in [-0.3, -0.25) is 4.98 Å². The van der Waals surface area contributed by atoms with E-state index < -0.39 is 5.60 Å². The summed E-state index contributed by atoms with van der Waals surface area (Å²) >= 11 is 0. The summed E-state index contributed by atoms with van der Waals surface area (Å²) in [6, 6.07) is 1.98. The zero-order valence-corrected chi connectivity index (χ0v) is 18.2. The number of hydrogen-bond acceptors (Lipinski definition) is 10. The van der Waals surface area contributed by atoms with Crippen molar-refractivity contribution in [3.8, 4) is 0 Å². The SMILES string of the molecule is CN(CCNc1cc(N2CCOCC2)ncn1)CC1(O)CCCN(c2cnccn2)C1. The van der Waals surface area contributed by atoms with Crippen molar-refractivity contribution in [2.75, 3.05) is 81.2 Å². The monoisotopic (exact) mass is 428 g/mol. The van der Waals surface area contributed by atoms with Crippen LogP contribution >= 0.6 is 0 Å². The van der Waals surface area contributed by atoms with Crippen molar-refractivity contribution in [1.29, 1.82) is 0 Å². The summed E-state index contributed by atoms with van der Waals surface area (Å²) in [5, 5.41) is 14.6. The Labute approximate surface area is 183 Å². The number of anilines is 3. The molecule has 2 aliphatic heterocycles. The second-order valence-corrected chi connectivity index (χ2v) is 8.34. The van der Waals surface area contributed by atoms with E-state index in [4.69, 9.17) is 4.74 Å². The Bertz CT molecular complexity index is 820. The van der Waals surface area contributed by atoms with Gasteiger partial charge in [-0.25, -0.2) is 15.0 Å². The zero-order chi connectivity index (χ0) is 21.5. The molecule has 31 heavy (non-hydrogen) atoms. The number of morpholine rings is 1. The summed E-state index contributed by atoms with van der Waals surface area (Å²) in [5.74, 6) is 2.56. The maximum Gasteiger partial charge on any atom is 0.147 e. The number of rotatable bonds is 8. The summed E-state index contributed by atoms with van der Waals surface area (Å²) in [6.07, 6.45) is 8.44. The largest absolute Gasteiger partial charge is 0.387 e. The van der Waals surface area contributed by atoms with Crippen LogP contribution < -0.4 is 15.1 Å². The highest BCUT2D eigenvalue weighted by molar-refractivity contribution is 5.48. The number of ether oxygens (including phenoxy) is 1. The molecule has 4 rings (SSSR count). The average Bonchev–Trinajstić information content (AvgIpc) is 2.80. The quantitative estimate of drug-likeness (QED) is 0.617. The van der Waals surface area contributed by atoms with Gasteiger partial charge < -0.3 is 29.9 Å². The summed E-state index contributed by atoms with van der Waals surface area (Å²) in [7, 11) is 2.04. The van der Waals surface area contributed by atoms with Gasteiger partial charge >= 0.3 is 0 Å². The number of aromatic nitrogens is 4.